The summed E-state index contributed by atoms with van der Waals surface area (Å²) in [6, 6.07) is 3.07. The van der Waals surface area contributed by atoms with E-state index in [9.17, 15) is 17.1 Å². The number of hydrogen-bond acceptors (Lipinski definition) is 4. The fourth-order valence-electron chi connectivity index (χ4n) is 2.01. The Kier molecular flexibility index (Phi) is 3.44. The number of amides is 1. The third-order valence-corrected chi connectivity index (χ3v) is 4.61. The van der Waals surface area contributed by atoms with Crippen LogP contribution in [0, 0.1) is 6.92 Å². The molecule has 0 aliphatic carbocycles. The van der Waals surface area contributed by atoms with Gasteiger partial charge in [0.15, 0.2) is 0 Å². The Morgan fingerprint density at radius 1 is 1.47 bits per heavy atom. The van der Waals surface area contributed by atoms with Crippen molar-refractivity contribution in [2.24, 2.45) is 0 Å². The van der Waals surface area contributed by atoms with Gasteiger partial charge in [-0.05, 0) is 24.6 Å². The van der Waals surface area contributed by atoms with E-state index in [4.69, 9.17) is 17.3 Å². The summed E-state index contributed by atoms with van der Waals surface area (Å²) in [5, 5.41) is -0.891. The largest absolute Gasteiger partial charge is 0.397 e. The van der Waals surface area contributed by atoms with Gasteiger partial charge in [-0.1, -0.05) is 11.6 Å². The second-order valence-electron chi connectivity index (χ2n) is 4.47. The molecule has 0 radical (unpaired) electrons. The number of hydrogen-bond donors (Lipinski definition) is 1. The van der Waals surface area contributed by atoms with Gasteiger partial charge in [0.05, 0.1) is 11.4 Å². The summed E-state index contributed by atoms with van der Waals surface area (Å²) in [6.07, 6.45) is -0.375. The molecule has 0 bridgehead atoms. The number of nitrogens with two attached hydrogens (primary N) is 1. The van der Waals surface area contributed by atoms with E-state index < -0.39 is 21.4 Å². The second-order valence-corrected chi connectivity index (χ2v) is 6.49. The van der Waals surface area contributed by atoms with Crippen LogP contribution in [-0.2, 0) is 15.0 Å². The van der Waals surface area contributed by atoms with E-state index in [1.807, 2.05) is 0 Å². The summed E-state index contributed by atoms with van der Waals surface area (Å²) >= 11 is 5.89. The molecule has 1 aromatic rings. The molecular formula is C11H12ClFN2O3S. The average molecular weight is 307 g/mol. The Bertz CT molecular complexity index is 648. The van der Waals surface area contributed by atoms with Gasteiger partial charge < -0.3 is 10.6 Å². The van der Waals surface area contributed by atoms with Crippen LogP contribution >= 0.6 is 11.6 Å². The predicted octanol–water partition coefficient (Wildman–Crippen LogP) is 1.64. The van der Waals surface area contributed by atoms with E-state index in [1.54, 1.807) is 13.0 Å². The topological polar surface area (TPSA) is 80.5 Å². The van der Waals surface area contributed by atoms with E-state index in [2.05, 4.69) is 0 Å². The second kappa shape index (κ2) is 4.64. The van der Waals surface area contributed by atoms with Gasteiger partial charge in [0, 0.05) is 18.0 Å². The van der Waals surface area contributed by atoms with Crippen LogP contribution in [0.2, 0.25) is 5.02 Å². The van der Waals surface area contributed by atoms with Crippen molar-refractivity contribution >= 4 is 39.1 Å². The first-order chi connectivity index (χ1) is 8.70. The Hall–Kier alpha value is -1.34. The van der Waals surface area contributed by atoms with Gasteiger partial charge >= 0.3 is 10.2 Å². The highest BCUT2D eigenvalue weighted by atomic mass is 35.5. The quantitative estimate of drug-likeness (QED) is 0.665. The third-order valence-electron chi connectivity index (χ3n) is 3.09. The molecule has 1 unspecified atom stereocenters. The zero-order valence-electron chi connectivity index (χ0n) is 10.1. The molecule has 1 aliphatic heterocycles. The molecule has 0 spiro atoms. The smallest absolute Gasteiger partial charge is 0.307 e. The molecule has 19 heavy (non-hydrogen) atoms. The molecule has 1 fully saturated rings. The Labute approximate surface area is 115 Å². The summed E-state index contributed by atoms with van der Waals surface area (Å²) in [6.45, 7) is 1.50. The molecule has 5 nitrogen and oxygen atoms in total. The molecule has 1 heterocycles. The maximum absolute atomic E-state index is 12.9. The van der Waals surface area contributed by atoms with Crippen LogP contribution < -0.4 is 10.6 Å². The normalized spacial score (nSPS) is 20.1. The van der Waals surface area contributed by atoms with Crippen LogP contribution in [-0.4, -0.2) is 26.1 Å². The SMILES string of the molecule is Cc1cc(N2CC(S(=O)(=O)F)CC2=O)c(N)cc1Cl. The van der Waals surface area contributed by atoms with E-state index in [0.717, 1.165) is 0 Å². The van der Waals surface area contributed by atoms with Gasteiger partial charge in [-0.15, -0.1) is 3.89 Å². The first kappa shape index (κ1) is 14.1. The van der Waals surface area contributed by atoms with Crippen LogP contribution in [0.25, 0.3) is 0 Å². The first-order valence-corrected chi connectivity index (χ1v) is 7.32. The minimum atomic E-state index is -4.74. The lowest BCUT2D eigenvalue weighted by atomic mass is 10.2. The summed E-state index contributed by atoms with van der Waals surface area (Å²) in [4.78, 5) is 13.0. The average Bonchev–Trinajstić information content (AvgIpc) is 2.65. The maximum atomic E-state index is 12.9. The minimum absolute atomic E-state index is 0.233. The van der Waals surface area contributed by atoms with Gasteiger partial charge in [0.1, 0.15) is 5.25 Å². The predicted molar refractivity (Wildman–Crippen MR) is 71.4 cm³/mol. The van der Waals surface area contributed by atoms with Crippen molar-refractivity contribution in [2.45, 2.75) is 18.6 Å². The zero-order chi connectivity index (χ0) is 14.4. The Morgan fingerprint density at radius 2 is 2.11 bits per heavy atom. The van der Waals surface area contributed by atoms with E-state index in [0.29, 0.717) is 16.3 Å². The van der Waals surface area contributed by atoms with E-state index in [1.165, 1.54) is 11.0 Å². The highest BCUT2D eigenvalue weighted by Crippen LogP contribution is 2.33. The van der Waals surface area contributed by atoms with E-state index in [-0.39, 0.29) is 18.7 Å². The molecular weight excluding hydrogens is 295 g/mol. The van der Waals surface area contributed by atoms with Gasteiger partial charge in [-0.2, -0.15) is 8.42 Å². The molecule has 1 aromatic carbocycles. The van der Waals surface area contributed by atoms with Gasteiger partial charge in [0.25, 0.3) is 0 Å². The lowest BCUT2D eigenvalue weighted by molar-refractivity contribution is -0.117. The lowest BCUT2D eigenvalue weighted by Gasteiger charge is -2.19. The number of nitrogen functional groups attached to an aromatic ring is 1. The Balaban J connectivity index is 2.39. The Morgan fingerprint density at radius 3 is 2.63 bits per heavy atom. The summed E-state index contributed by atoms with van der Waals surface area (Å²) in [7, 11) is -4.74. The molecule has 8 heteroatoms. The van der Waals surface area contributed by atoms with Crippen LogP contribution in [0.5, 0.6) is 0 Å². The molecule has 1 amide bonds. The molecule has 2 N–H and O–H groups in total. The number of benzene rings is 1. The highest BCUT2D eigenvalue weighted by molar-refractivity contribution is 7.87. The zero-order valence-corrected chi connectivity index (χ0v) is 11.6. The fraction of sp³-hybridized carbons (Fsp3) is 0.364. The van der Waals surface area contributed by atoms with Crippen molar-refractivity contribution in [1.82, 2.24) is 0 Å². The van der Waals surface area contributed by atoms with Crippen LogP contribution in [0.1, 0.15) is 12.0 Å². The minimum Gasteiger partial charge on any atom is -0.397 e. The van der Waals surface area contributed by atoms with Gasteiger partial charge in [-0.25, -0.2) is 0 Å². The lowest BCUT2D eigenvalue weighted by Crippen LogP contribution is -2.27. The molecule has 104 valence electrons. The molecule has 1 atom stereocenters. The van der Waals surface area contributed by atoms with Gasteiger partial charge in [0.2, 0.25) is 5.91 Å². The van der Waals surface area contributed by atoms with Crippen molar-refractivity contribution in [3.05, 3.63) is 22.7 Å². The standard InChI is InChI=1S/C11H12ClFN2O3S/c1-6-2-10(9(14)4-8(6)12)15-5-7(3-11(15)16)19(13,17)18/h2,4,7H,3,5,14H2,1H3. The van der Waals surface area contributed by atoms with Gasteiger partial charge in [-0.3, -0.25) is 4.79 Å². The summed E-state index contributed by atoms with van der Waals surface area (Å²) < 4.78 is 34.7. The molecule has 1 saturated heterocycles. The molecule has 1 aliphatic rings. The van der Waals surface area contributed by atoms with Crippen LogP contribution in [0.4, 0.5) is 15.3 Å². The third kappa shape index (κ3) is 2.66. The van der Waals surface area contributed by atoms with Crippen molar-refractivity contribution in [3.8, 4) is 0 Å². The van der Waals surface area contributed by atoms with E-state index >= 15 is 0 Å². The molecule has 0 aromatic heterocycles. The van der Waals surface area contributed by atoms with Crippen molar-refractivity contribution in [2.75, 3.05) is 17.2 Å². The van der Waals surface area contributed by atoms with Crippen LogP contribution in [0.15, 0.2) is 12.1 Å². The molecule has 2 rings (SSSR count). The number of halogens is 2. The highest BCUT2D eigenvalue weighted by Gasteiger charge is 2.39. The number of rotatable bonds is 2. The van der Waals surface area contributed by atoms with Crippen LogP contribution in [0.3, 0.4) is 0 Å². The molecule has 0 saturated carbocycles. The fourth-order valence-corrected chi connectivity index (χ4v) is 2.85. The number of anilines is 2. The summed E-state index contributed by atoms with van der Waals surface area (Å²) in [5.41, 5.74) is 7.07. The number of carbonyl (C=O) groups is 1. The van der Waals surface area contributed by atoms with Crippen molar-refractivity contribution in [1.29, 1.82) is 0 Å². The first-order valence-electron chi connectivity index (χ1n) is 5.49. The van der Waals surface area contributed by atoms with Crippen molar-refractivity contribution in [3.63, 3.8) is 0 Å². The maximum Gasteiger partial charge on any atom is 0.307 e. The van der Waals surface area contributed by atoms with Crippen molar-refractivity contribution < 1.29 is 17.1 Å². The number of nitrogens with zero attached hydrogens (tertiary/aromatic N) is 1. The number of aryl methyl sites for hydroxylation is 1. The number of carbonyl (C=O) groups excluding carboxylic acids is 1. The monoisotopic (exact) mass is 306 g/mol. The summed E-state index contributed by atoms with van der Waals surface area (Å²) in [5.74, 6) is -0.473.